The van der Waals surface area contributed by atoms with E-state index < -0.39 is 5.97 Å². The molecule has 0 radical (unpaired) electrons. The molecule has 0 rings (SSSR count). The first-order valence-electron chi connectivity index (χ1n) is 7.36. The molecule has 0 aromatic heterocycles. The topological polar surface area (TPSA) is 37.3 Å². The standard InChI is InChI=1S/C8H16O2.C7H16/c1-3-5-6-7(4-2)8(9)10;1-3-5-7-6-4-2/h7H,3-6H2,1-2H3,(H,9,10);3-7H2,1-2H3. The quantitative estimate of drug-likeness (QED) is 0.561. The molecule has 0 aliphatic carbocycles. The molecule has 0 saturated heterocycles. The zero-order valence-corrected chi connectivity index (χ0v) is 12.3. The van der Waals surface area contributed by atoms with Crippen molar-refractivity contribution < 1.29 is 9.90 Å². The molecule has 1 unspecified atom stereocenters. The average molecular weight is 244 g/mol. The van der Waals surface area contributed by atoms with Gasteiger partial charge in [0.15, 0.2) is 0 Å². The van der Waals surface area contributed by atoms with Gasteiger partial charge in [0.05, 0.1) is 5.92 Å². The van der Waals surface area contributed by atoms with Crippen molar-refractivity contribution in [3.8, 4) is 0 Å². The Bertz CT molecular complexity index is 151. The van der Waals surface area contributed by atoms with Gasteiger partial charge in [0.1, 0.15) is 0 Å². The zero-order chi connectivity index (χ0) is 13.5. The van der Waals surface area contributed by atoms with Crippen molar-refractivity contribution in [3.63, 3.8) is 0 Å². The molecular weight excluding hydrogens is 212 g/mol. The van der Waals surface area contributed by atoms with Gasteiger partial charge in [0, 0.05) is 0 Å². The third kappa shape index (κ3) is 15.5. The van der Waals surface area contributed by atoms with Crippen molar-refractivity contribution in [2.75, 3.05) is 0 Å². The number of hydrogen-bond donors (Lipinski definition) is 1. The van der Waals surface area contributed by atoms with Gasteiger partial charge in [0.2, 0.25) is 0 Å². The summed E-state index contributed by atoms with van der Waals surface area (Å²) in [7, 11) is 0. The third-order valence-electron chi connectivity index (χ3n) is 2.96. The fourth-order valence-electron chi connectivity index (χ4n) is 1.63. The first-order valence-corrected chi connectivity index (χ1v) is 7.36. The summed E-state index contributed by atoms with van der Waals surface area (Å²) in [4.78, 5) is 10.4. The van der Waals surface area contributed by atoms with E-state index in [2.05, 4.69) is 20.8 Å². The predicted molar refractivity (Wildman–Crippen MR) is 75.4 cm³/mol. The van der Waals surface area contributed by atoms with Crippen LogP contribution < -0.4 is 0 Å². The number of aliphatic carboxylic acids is 1. The van der Waals surface area contributed by atoms with Crippen molar-refractivity contribution in [2.24, 2.45) is 5.92 Å². The molecule has 104 valence electrons. The molecule has 1 N–H and O–H groups in total. The molecule has 0 aliphatic rings. The number of rotatable bonds is 9. The van der Waals surface area contributed by atoms with Gasteiger partial charge in [-0.25, -0.2) is 0 Å². The Morgan fingerprint density at radius 2 is 1.35 bits per heavy atom. The summed E-state index contributed by atoms with van der Waals surface area (Å²) in [6, 6.07) is 0. The number of carboxylic acids is 1. The van der Waals surface area contributed by atoms with Crippen LogP contribution in [-0.2, 0) is 4.79 Å². The molecule has 0 bridgehead atoms. The van der Waals surface area contributed by atoms with Crippen molar-refractivity contribution >= 4 is 5.97 Å². The van der Waals surface area contributed by atoms with Gasteiger partial charge in [-0.3, -0.25) is 4.79 Å². The maximum Gasteiger partial charge on any atom is 0.306 e. The molecule has 0 fully saturated rings. The predicted octanol–water partition coefficient (Wildman–Crippen LogP) is 5.26. The number of hydrogen-bond acceptors (Lipinski definition) is 1. The van der Waals surface area contributed by atoms with Gasteiger partial charge in [-0.2, -0.15) is 0 Å². The zero-order valence-electron chi connectivity index (χ0n) is 12.3. The molecule has 0 amide bonds. The minimum absolute atomic E-state index is 0.111. The smallest absolute Gasteiger partial charge is 0.306 e. The summed E-state index contributed by atoms with van der Waals surface area (Å²) in [5.74, 6) is -0.754. The summed E-state index contributed by atoms with van der Waals surface area (Å²) in [5, 5.41) is 8.60. The molecule has 2 heteroatoms. The Hall–Kier alpha value is -0.530. The van der Waals surface area contributed by atoms with Crippen LogP contribution in [0, 0.1) is 5.92 Å². The van der Waals surface area contributed by atoms with Gasteiger partial charge >= 0.3 is 5.97 Å². The molecule has 17 heavy (non-hydrogen) atoms. The van der Waals surface area contributed by atoms with Crippen molar-refractivity contribution in [2.45, 2.75) is 85.5 Å². The van der Waals surface area contributed by atoms with Gasteiger partial charge in [-0.15, -0.1) is 0 Å². The Balaban J connectivity index is 0. The van der Waals surface area contributed by atoms with Crippen LogP contribution in [0.4, 0.5) is 0 Å². The molecule has 2 nitrogen and oxygen atoms in total. The normalized spacial score (nSPS) is 11.5. The van der Waals surface area contributed by atoms with E-state index in [0.29, 0.717) is 0 Å². The summed E-state index contributed by atoms with van der Waals surface area (Å²) in [6.07, 6.45) is 10.7. The van der Waals surface area contributed by atoms with Crippen LogP contribution in [0.3, 0.4) is 0 Å². The average Bonchev–Trinajstić information content (AvgIpc) is 2.31. The first-order chi connectivity index (χ1) is 8.13. The SMILES string of the molecule is CCCCC(CC)C(=O)O.CCCCCCC. The first kappa shape index (κ1) is 18.8. The van der Waals surface area contributed by atoms with Gasteiger partial charge < -0.3 is 5.11 Å². The minimum Gasteiger partial charge on any atom is -0.481 e. The lowest BCUT2D eigenvalue weighted by atomic mass is 10.00. The summed E-state index contributed by atoms with van der Waals surface area (Å²) in [6.45, 7) is 8.49. The van der Waals surface area contributed by atoms with E-state index >= 15 is 0 Å². The molecular formula is C15H32O2. The summed E-state index contributed by atoms with van der Waals surface area (Å²) in [5.41, 5.74) is 0. The fourth-order valence-corrected chi connectivity index (χ4v) is 1.63. The molecule has 0 spiro atoms. The molecule has 0 heterocycles. The van der Waals surface area contributed by atoms with Gasteiger partial charge in [0.25, 0.3) is 0 Å². The highest BCUT2D eigenvalue weighted by atomic mass is 16.4. The highest BCUT2D eigenvalue weighted by Crippen LogP contribution is 2.11. The van der Waals surface area contributed by atoms with E-state index in [1.54, 1.807) is 0 Å². The maximum atomic E-state index is 10.4. The van der Waals surface area contributed by atoms with Crippen molar-refractivity contribution in [3.05, 3.63) is 0 Å². The van der Waals surface area contributed by atoms with E-state index in [1.165, 1.54) is 32.1 Å². The largest absolute Gasteiger partial charge is 0.481 e. The number of carboxylic acid groups (broad SMARTS) is 1. The lowest BCUT2D eigenvalue weighted by Crippen LogP contribution is -2.11. The lowest BCUT2D eigenvalue weighted by Gasteiger charge is -2.06. The second-order valence-electron chi connectivity index (χ2n) is 4.65. The van der Waals surface area contributed by atoms with E-state index in [-0.39, 0.29) is 5.92 Å². The summed E-state index contributed by atoms with van der Waals surface area (Å²) >= 11 is 0. The van der Waals surface area contributed by atoms with E-state index in [9.17, 15) is 4.79 Å². The van der Waals surface area contributed by atoms with Gasteiger partial charge in [-0.05, 0) is 12.8 Å². The third-order valence-corrected chi connectivity index (χ3v) is 2.96. The number of carbonyl (C=O) groups is 1. The minimum atomic E-state index is -0.643. The highest BCUT2D eigenvalue weighted by molar-refractivity contribution is 5.69. The van der Waals surface area contributed by atoms with E-state index in [0.717, 1.165) is 25.7 Å². The Morgan fingerprint density at radius 1 is 0.882 bits per heavy atom. The maximum absolute atomic E-state index is 10.4. The summed E-state index contributed by atoms with van der Waals surface area (Å²) < 4.78 is 0. The second kappa shape index (κ2) is 15.5. The Labute approximate surface area is 108 Å². The van der Waals surface area contributed by atoms with Crippen LogP contribution in [-0.4, -0.2) is 11.1 Å². The molecule has 0 aromatic carbocycles. The number of unbranched alkanes of at least 4 members (excludes halogenated alkanes) is 5. The van der Waals surface area contributed by atoms with Crippen LogP contribution in [0.25, 0.3) is 0 Å². The van der Waals surface area contributed by atoms with Crippen LogP contribution in [0.5, 0.6) is 0 Å². The monoisotopic (exact) mass is 244 g/mol. The molecule has 0 aromatic rings. The van der Waals surface area contributed by atoms with Crippen LogP contribution in [0.15, 0.2) is 0 Å². The van der Waals surface area contributed by atoms with E-state index in [4.69, 9.17) is 5.11 Å². The van der Waals surface area contributed by atoms with Crippen LogP contribution >= 0.6 is 0 Å². The molecule has 0 saturated carbocycles. The highest BCUT2D eigenvalue weighted by Gasteiger charge is 2.12. The Kier molecular flexibility index (Phi) is 17.1. The van der Waals surface area contributed by atoms with E-state index in [1.807, 2.05) is 6.92 Å². The lowest BCUT2D eigenvalue weighted by molar-refractivity contribution is -0.142. The van der Waals surface area contributed by atoms with Gasteiger partial charge in [-0.1, -0.05) is 72.6 Å². The molecule has 0 aliphatic heterocycles. The van der Waals surface area contributed by atoms with Crippen molar-refractivity contribution in [1.29, 1.82) is 0 Å². The van der Waals surface area contributed by atoms with Crippen LogP contribution in [0.2, 0.25) is 0 Å². The molecule has 1 atom stereocenters. The van der Waals surface area contributed by atoms with Crippen molar-refractivity contribution in [1.82, 2.24) is 0 Å². The Morgan fingerprint density at radius 3 is 1.65 bits per heavy atom. The fraction of sp³-hybridized carbons (Fsp3) is 0.933. The second-order valence-corrected chi connectivity index (χ2v) is 4.65. The van der Waals surface area contributed by atoms with Crippen LogP contribution in [0.1, 0.15) is 85.5 Å².